The molecule has 0 aliphatic carbocycles. The van der Waals surface area contributed by atoms with Crippen molar-refractivity contribution in [3.05, 3.63) is 63.4 Å². The zero-order valence-electron chi connectivity index (χ0n) is 15.0. The third-order valence-corrected chi connectivity index (χ3v) is 5.80. The van der Waals surface area contributed by atoms with E-state index >= 15 is 0 Å². The third kappa shape index (κ3) is 5.11. The van der Waals surface area contributed by atoms with E-state index in [1.54, 1.807) is 12.1 Å². The molecule has 144 valence electrons. The van der Waals surface area contributed by atoms with E-state index in [2.05, 4.69) is 5.32 Å². The summed E-state index contributed by atoms with van der Waals surface area (Å²) in [5, 5.41) is 4.63. The van der Waals surface area contributed by atoms with E-state index in [1.807, 2.05) is 30.0 Å². The molecule has 1 heterocycles. The van der Waals surface area contributed by atoms with Gasteiger partial charge in [0.15, 0.2) is 5.11 Å². The van der Waals surface area contributed by atoms with Crippen LogP contribution in [0.3, 0.4) is 0 Å². The van der Waals surface area contributed by atoms with E-state index in [1.165, 1.54) is 6.07 Å². The number of halogens is 3. The first kappa shape index (κ1) is 20.3. The van der Waals surface area contributed by atoms with Crippen LogP contribution in [0.2, 0.25) is 10.0 Å². The molecule has 1 saturated heterocycles. The highest BCUT2D eigenvalue weighted by atomic mass is 35.5. The van der Waals surface area contributed by atoms with Gasteiger partial charge in [0, 0.05) is 30.3 Å². The Balaban J connectivity index is 1.82. The Hall–Kier alpha value is -1.40. The molecule has 0 unspecified atom stereocenters. The van der Waals surface area contributed by atoms with E-state index in [4.69, 9.17) is 40.2 Å². The molecule has 1 fully saturated rings. The lowest BCUT2D eigenvalue weighted by molar-refractivity contribution is 0.0903. The molecule has 2 aromatic carbocycles. The van der Waals surface area contributed by atoms with Crippen LogP contribution in [0.4, 0.5) is 10.1 Å². The van der Waals surface area contributed by atoms with Crippen LogP contribution < -0.4 is 5.32 Å². The molecular weight excluding hydrogens is 406 g/mol. The second kappa shape index (κ2) is 9.20. The zero-order chi connectivity index (χ0) is 19.4. The molecule has 2 aromatic rings. The van der Waals surface area contributed by atoms with E-state index in [-0.39, 0.29) is 18.5 Å². The number of nitrogens with one attached hydrogen (secondary N) is 1. The first-order valence-electron chi connectivity index (χ1n) is 8.81. The number of anilines is 1. The average molecular weight is 427 g/mol. The fraction of sp³-hybridized carbons (Fsp3) is 0.350. The normalized spacial score (nSPS) is 16.4. The standard InChI is InChI=1S/C20H21Cl2FN2OS/c1-13-5-2-9-18(19(13)22)24-20(27)25(11-14-6-4-10-26-14)12-15-16(21)7-3-8-17(15)23/h2-3,5,7-9,14H,4,6,10-12H2,1H3,(H,24,27)/t14-/m1/s1. The molecule has 0 amide bonds. The minimum absolute atomic E-state index is 0.0586. The molecular formula is C20H21Cl2FN2OS. The van der Waals surface area contributed by atoms with Crippen LogP contribution >= 0.6 is 35.4 Å². The molecule has 3 rings (SSSR count). The van der Waals surface area contributed by atoms with Gasteiger partial charge in [-0.25, -0.2) is 4.39 Å². The number of nitrogens with zero attached hydrogens (tertiary/aromatic N) is 1. The molecule has 27 heavy (non-hydrogen) atoms. The van der Waals surface area contributed by atoms with Crippen molar-refractivity contribution in [1.82, 2.24) is 4.90 Å². The quantitative estimate of drug-likeness (QED) is 0.608. The Labute approximate surface area is 174 Å². The van der Waals surface area contributed by atoms with Gasteiger partial charge in [0.2, 0.25) is 0 Å². The smallest absolute Gasteiger partial charge is 0.173 e. The van der Waals surface area contributed by atoms with Crippen molar-refractivity contribution in [1.29, 1.82) is 0 Å². The van der Waals surface area contributed by atoms with E-state index < -0.39 is 0 Å². The van der Waals surface area contributed by atoms with Gasteiger partial charge < -0.3 is 15.0 Å². The highest BCUT2D eigenvalue weighted by Gasteiger charge is 2.23. The molecule has 7 heteroatoms. The molecule has 1 aliphatic heterocycles. The zero-order valence-corrected chi connectivity index (χ0v) is 17.3. The summed E-state index contributed by atoms with van der Waals surface area (Å²) in [4.78, 5) is 1.88. The molecule has 0 spiro atoms. The summed E-state index contributed by atoms with van der Waals surface area (Å²) in [6.07, 6.45) is 2.03. The fourth-order valence-corrected chi connectivity index (χ4v) is 3.71. The lowest BCUT2D eigenvalue weighted by Crippen LogP contribution is -2.39. The number of ether oxygens (including phenoxy) is 1. The largest absolute Gasteiger partial charge is 0.376 e. The van der Waals surface area contributed by atoms with Gasteiger partial charge in [-0.1, -0.05) is 41.4 Å². The molecule has 3 nitrogen and oxygen atoms in total. The third-order valence-electron chi connectivity index (χ3n) is 4.58. The topological polar surface area (TPSA) is 24.5 Å². The van der Waals surface area contributed by atoms with Crippen molar-refractivity contribution in [2.75, 3.05) is 18.5 Å². The van der Waals surface area contributed by atoms with Crippen LogP contribution in [0.15, 0.2) is 36.4 Å². The summed E-state index contributed by atoms with van der Waals surface area (Å²) in [5.41, 5.74) is 2.09. The molecule has 0 saturated carbocycles. The van der Waals surface area contributed by atoms with Gasteiger partial charge in [-0.05, 0) is 55.7 Å². The number of thiocarbonyl (C=S) groups is 1. The Morgan fingerprint density at radius 1 is 1.30 bits per heavy atom. The Bertz CT molecular complexity index is 807. The van der Waals surface area contributed by atoms with Gasteiger partial charge in [-0.3, -0.25) is 0 Å². The first-order chi connectivity index (χ1) is 13.0. The molecule has 1 aliphatic rings. The monoisotopic (exact) mass is 426 g/mol. The number of aryl methyl sites for hydroxylation is 1. The summed E-state index contributed by atoms with van der Waals surface area (Å²) in [6.45, 7) is 3.48. The highest BCUT2D eigenvalue weighted by molar-refractivity contribution is 7.80. The second-order valence-electron chi connectivity index (χ2n) is 6.58. The fourth-order valence-electron chi connectivity index (χ4n) is 3.07. The number of rotatable bonds is 5. The van der Waals surface area contributed by atoms with Gasteiger partial charge in [-0.2, -0.15) is 0 Å². The Morgan fingerprint density at radius 3 is 2.78 bits per heavy atom. The van der Waals surface area contributed by atoms with Crippen LogP contribution in [0, 0.1) is 12.7 Å². The van der Waals surface area contributed by atoms with Crippen molar-refractivity contribution < 1.29 is 9.13 Å². The van der Waals surface area contributed by atoms with Crippen LogP contribution in [-0.4, -0.2) is 29.3 Å². The maximum Gasteiger partial charge on any atom is 0.173 e. The van der Waals surface area contributed by atoms with Crippen LogP contribution in [0.25, 0.3) is 0 Å². The van der Waals surface area contributed by atoms with Gasteiger partial charge in [-0.15, -0.1) is 0 Å². The van der Waals surface area contributed by atoms with Crippen molar-refractivity contribution in [2.24, 2.45) is 0 Å². The lowest BCUT2D eigenvalue weighted by atomic mass is 10.1. The lowest BCUT2D eigenvalue weighted by Gasteiger charge is -2.29. The van der Waals surface area contributed by atoms with Crippen molar-refractivity contribution in [2.45, 2.75) is 32.4 Å². The van der Waals surface area contributed by atoms with Crippen molar-refractivity contribution >= 4 is 46.2 Å². The maximum atomic E-state index is 14.3. The predicted octanol–water partition coefficient (Wildman–Crippen LogP) is 5.82. The average Bonchev–Trinajstić information content (AvgIpc) is 3.14. The summed E-state index contributed by atoms with van der Waals surface area (Å²) in [5.74, 6) is -0.351. The summed E-state index contributed by atoms with van der Waals surface area (Å²) >= 11 is 18.2. The molecule has 1 N–H and O–H groups in total. The van der Waals surface area contributed by atoms with E-state index in [9.17, 15) is 4.39 Å². The van der Waals surface area contributed by atoms with Crippen LogP contribution in [0.5, 0.6) is 0 Å². The first-order valence-corrected chi connectivity index (χ1v) is 9.97. The SMILES string of the molecule is Cc1cccc(NC(=S)N(Cc2c(F)cccc2Cl)C[C@H]2CCCO2)c1Cl. The van der Waals surface area contributed by atoms with Gasteiger partial charge in [0.25, 0.3) is 0 Å². The summed E-state index contributed by atoms with van der Waals surface area (Å²) in [6, 6.07) is 10.4. The molecule has 0 radical (unpaired) electrons. The van der Waals surface area contributed by atoms with Crippen LogP contribution in [-0.2, 0) is 11.3 Å². The highest BCUT2D eigenvalue weighted by Crippen LogP contribution is 2.27. The van der Waals surface area contributed by atoms with Gasteiger partial charge in [0.05, 0.1) is 16.8 Å². The molecule has 0 bridgehead atoms. The second-order valence-corrected chi connectivity index (χ2v) is 7.75. The van der Waals surface area contributed by atoms with Gasteiger partial charge in [0.1, 0.15) is 5.82 Å². The molecule has 0 aromatic heterocycles. The number of benzene rings is 2. The van der Waals surface area contributed by atoms with Crippen molar-refractivity contribution in [3.63, 3.8) is 0 Å². The Kier molecular flexibility index (Phi) is 6.93. The minimum Gasteiger partial charge on any atom is -0.376 e. The van der Waals surface area contributed by atoms with E-state index in [0.717, 1.165) is 30.7 Å². The summed E-state index contributed by atoms with van der Waals surface area (Å²) in [7, 11) is 0. The van der Waals surface area contributed by atoms with Crippen molar-refractivity contribution in [3.8, 4) is 0 Å². The van der Waals surface area contributed by atoms with Gasteiger partial charge >= 0.3 is 0 Å². The Morgan fingerprint density at radius 2 is 2.07 bits per heavy atom. The maximum absolute atomic E-state index is 14.3. The van der Waals surface area contributed by atoms with Crippen LogP contribution in [0.1, 0.15) is 24.0 Å². The van der Waals surface area contributed by atoms with E-state index in [0.29, 0.717) is 27.3 Å². The minimum atomic E-state index is -0.351. The number of hydrogen-bond donors (Lipinski definition) is 1. The number of hydrogen-bond acceptors (Lipinski definition) is 2. The summed E-state index contributed by atoms with van der Waals surface area (Å²) < 4.78 is 20.0. The molecule has 1 atom stereocenters. The predicted molar refractivity (Wildman–Crippen MR) is 113 cm³/mol.